The number of hydrogen-bond acceptors (Lipinski definition) is 3. The van der Waals surface area contributed by atoms with Crippen LogP contribution in [0.4, 0.5) is 10.2 Å². The third-order valence-corrected chi connectivity index (χ3v) is 5.65. The molecule has 0 bridgehead atoms. The lowest BCUT2D eigenvalue weighted by Crippen LogP contribution is -2.19. The molecule has 5 heteroatoms. The van der Waals surface area contributed by atoms with Gasteiger partial charge in [0.05, 0.1) is 17.8 Å². The number of amides is 1. The largest absolute Gasteiger partial charge is 0.309 e. The number of hydrogen-bond donors (Lipinski definition) is 1. The van der Waals surface area contributed by atoms with Gasteiger partial charge in [-0.15, -0.1) is 0 Å². The van der Waals surface area contributed by atoms with Crippen molar-refractivity contribution in [2.24, 2.45) is 0 Å². The summed E-state index contributed by atoms with van der Waals surface area (Å²) in [6, 6.07) is 24.2. The third-order valence-electron chi connectivity index (χ3n) is 5.65. The second-order valence-electron chi connectivity index (χ2n) is 8.01. The topological polar surface area (TPSA) is 54.9 Å². The molecule has 0 spiro atoms. The summed E-state index contributed by atoms with van der Waals surface area (Å²) in [7, 11) is 0. The van der Waals surface area contributed by atoms with E-state index in [1.165, 1.54) is 6.07 Å². The highest BCUT2D eigenvalue weighted by Crippen LogP contribution is 2.33. The lowest BCUT2D eigenvalue weighted by Gasteiger charge is -2.20. The molecule has 3 aromatic carbocycles. The molecule has 1 aliphatic rings. The molecule has 1 aliphatic carbocycles. The van der Waals surface area contributed by atoms with Gasteiger partial charge in [0, 0.05) is 5.56 Å². The standard InChI is InChI=1S/C28H22FN3O/c29-22-13-14-23-21(18-22)12-16-24-27(23)30-25(15-11-19-7-3-1-4-8-19)28(31-24)32-26(33)17-20-9-5-2-6-10-20/h1-11,13-15,18H,12,16-17H2,(H,31,32,33)/b15-11+. The van der Waals surface area contributed by atoms with E-state index >= 15 is 0 Å². The molecule has 0 saturated carbocycles. The van der Waals surface area contributed by atoms with Gasteiger partial charge < -0.3 is 5.32 Å². The Balaban J connectivity index is 1.52. The fraction of sp³-hybridized carbons (Fsp3) is 0.107. The average Bonchev–Trinajstić information content (AvgIpc) is 2.83. The predicted molar refractivity (Wildman–Crippen MR) is 129 cm³/mol. The molecule has 5 rings (SSSR count). The Hall–Kier alpha value is -4.12. The summed E-state index contributed by atoms with van der Waals surface area (Å²) < 4.78 is 13.8. The Bertz CT molecular complexity index is 1330. The van der Waals surface area contributed by atoms with E-state index in [4.69, 9.17) is 9.97 Å². The number of aryl methyl sites for hydroxylation is 2. The van der Waals surface area contributed by atoms with Gasteiger partial charge in [0.1, 0.15) is 11.5 Å². The maximum absolute atomic E-state index is 13.8. The number of rotatable bonds is 5. The number of nitrogens with one attached hydrogen (secondary N) is 1. The molecular weight excluding hydrogens is 413 g/mol. The van der Waals surface area contributed by atoms with Crippen molar-refractivity contribution in [3.8, 4) is 11.3 Å². The van der Waals surface area contributed by atoms with E-state index < -0.39 is 0 Å². The molecule has 1 N–H and O–H groups in total. The Labute approximate surface area is 191 Å². The molecular formula is C28H22FN3O. The van der Waals surface area contributed by atoms with Crippen LogP contribution >= 0.6 is 0 Å². The van der Waals surface area contributed by atoms with Crippen LogP contribution in [-0.2, 0) is 24.1 Å². The van der Waals surface area contributed by atoms with Crippen LogP contribution in [0.3, 0.4) is 0 Å². The second-order valence-corrected chi connectivity index (χ2v) is 8.01. The number of carbonyl (C=O) groups excluding carboxylic acids is 1. The second kappa shape index (κ2) is 9.17. The minimum Gasteiger partial charge on any atom is -0.309 e. The highest BCUT2D eigenvalue weighted by molar-refractivity contribution is 5.93. The van der Waals surface area contributed by atoms with Crippen LogP contribution in [0.15, 0.2) is 78.9 Å². The zero-order valence-corrected chi connectivity index (χ0v) is 18.0. The summed E-state index contributed by atoms with van der Waals surface area (Å²) in [4.78, 5) is 22.4. The van der Waals surface area contributed by atoms with Gasteiger partial charge >= 0.3 is 0 Å². The molecule has 0 atom stereocenters. The Morgan fingerprint density at radius 3 is 2.45 bits per heavy atom. The highest BCUT2D eigenvalue weighted by Gasteiger charge is 2.22. The van der Waals surface area contributed by atoms with Crippen LogP contribution in [-0.4, -0.2) is 15.9 Å². The van der Waals surface area contributed by atoms with Crippen LogP contribution in [0.1, 0.15) is 28.1 Å². The van der Waals surface area contributed by atoms with Gasteiger partial charge in [-0.2, -0.15) is 0 Å². The molecule has 4 aromatic rings. The minimum atomic E-state index is -0.251. The Morgan fingerprint density at radius 2 is 1.67 bits per heavy atom. The van der Waals surface area contributed by atoms with Crippen molar-refractivity contribution in [3.63, 3.8) is 0 Å². The first-order valence-electron chi connectivity index (χ1n) is 10.9. The van der Waals surface area contributed by atoms with Gasteiger partial charge in [-0.1, -0.05) is 66.7 Å². The molecule has 0 aliphatic heterocycles. The number of carbonyl (C=O) groups is 1. The van der Waals surface area contributed by atoms with Crippen LogP contribution in [0, 0.1) is 5.82 Å². The van der Waals surface area contributed by atoms with Crippen LogP contribution < -0.4 is 5.32 Å². The van der Waals surface area contributed by atoms with E-state index in [9.17, 15) is 9.18 Å². The number of nitrogens with zero attached hydrogens (tertiary/aromatic N) is 2. The van der Waals surface area contributed by atoms with Gasteiger partial charge in [-0.3, -0.25) is 4.79 Å². The van der Waals surface area contributed by atoms with E-state index in [2.05, 4.69) is 5.32 Å². The van der Waals surface area contributed by atoms with E-state index in [1.807, 2.05) is 72.8 Å². The van der Waals surface area contributed by atoms with Crippen molar-refractivity contribution >= 4 is 23.9 Å². The van der Waals surface area contributed by atoms with Gasteiger partial charge in [-0.25, -0.2) is 14.4 Å². The van der Waals surface area contributed by atoms with Crippen LogP contribution in [0.2, 0.25) is 0 Å². The summed E-state index contributed by atoms with van der Waals surface area (Å²) in [6.45, 7) is 0. The normalized spacial score (nSPS) is 12.3. The summed E-state index contributed by atoms with van der Waals surface area (Å²) in [5.74, 6) is 0.0367. The van der Waals surface area contributed by atoms with Crippen molar-refractivity contribution in [1.29, 1.82) is 0 Å². The van der Waals surface area contributed by atoms with Crippen LogP contribution in [0.5, 0.6) is 0 Å². The first kappa shape index (κ1) is 20.8. The zero-order chi connectivity index (χ0) is 22.6. The molecule has 162 valence electrons. The van der Waals surface area contributed by atoms with E-state index in [0.29, 0.717) is 24.4 Å². The number of aromatic nitrogens is 2. The molecule has 1 amide bonds. The fourth-order valence-electron chi connectivity index (χ4n) is 4.03. The quantitative estimate of drug-likeness (QED) is 0.435. The summed E-state index contributed by atoms with van der Waals surface area (Å²) in [5.41, 5.74) is 5.87. The first-order chi connectivity index (χ1) is 16.2. The van der Waals surface area contributed by atoms with Crippen molar-refractivity contribution in [2.75, 3.05) is 5.32 Å². The fourth-order valence-corrected chi connectivity index (χ4v) is 4.03. The van der Waals surface area contributed by atoms with Crippen molar-refractivity contribution in [2.45, 2.75) is 19.3 Å². The van der Waals surface area contributed by atoms with Crippen molar-refractivity contribution in [3.05, 3.63) is 113 Å². The SMILES string of the molecule is O=C(Cc1ccccc1)Nc1nc2c(nc1/C=C/c1ccccc1)-c1ccc(F)cc1CC2. The van der Waals surface area contributed by atoms with Crippen molar-refractivity contribution in [1.82, 2.24) is 9.97 Å². The lowest BCUT2D eigenvalue weighted by molar-refractivity contribution is -0.115. The highest BCUT2D eigenvalue weighted by atomic mass is 19.1. The molecule has 0 fully saturated rings. The van der Waals surface area contributed by atoms with E-state index in [1.54, 1.807) is 12.1 Å². The molecule has 0 saturated heterocycles. The minimum absolute atomic E-state index is 0.150. The maximum atomic E-state index is 13.8. The molecule has 4 nitrogen and oxygen atoms in total. The van der Waals surface area contributed by atoms with E-state index in [0.717, 1.165) is 33.6 Å². The molecule has 0 unspecified atom stereocenters. The average molecular weight is 436 g/mol. The summed E-state index contributed by atoms with van der Waals surface area (Å²) in [5, 5.41) is 2.95. The first-order valence-corrected chi connectivity index (χ1v) is 10.9. The summed E-state index contributed by atoms with van der Waals surface area (Å²) in [6.07, 6.45) is 5.38. The lowest BCUT2D eigenvalue weighted by atomic mass is 9.91. The third kappa shape index (κ3) is 4.72. The van der Waals surface area contributed by atoms with Gasteiger partial charge in [-0.05, 0) is 53.8 Å². The number of halogens is 1. The molecule has 1 aromatic heterocycles. The van der Waals surface area contributed by atoms with Gasteiger partial charge in [0.15, 0.2) is 5.82 Å². The van der Waals surface area contributed by atoms with E-state index in [-0.39, 0.29) is 18.1 Å². The Kier molecular flexibility index (Phi) is 5.77. The number of anilines is 1. The number of fused-ring (bicyclic) bond motifs is 3. The summed E-state index contributed by atoms with van der Waals surface area (Å²) >= 11 is 0. The zero-order valence-electron chi connectivity index (χ0n) is 18.0. The monoisotopic (exact) mass is 435 g/mol. The smallest absolute Gasteiger partial charge is 0.230 e. The molecule has 0 radical (unpaired) electrons. The maximum Gasteiger partial charge on any atom is 0.230 e. The van der Waals surface area contributed by atoms with Crippen molar-refractivity contribution < 1.29 is 9.18 Å². The predicted octanol–water partition coefficient (Wildman–Crippen LogP) is 5.73. The van der Waals surface area contributed by atoms with Gasteiger partial charge in [0.2, 0.25) is 5.91 Å². The van der Waals surface area contributed by atoms with Crippen LogP contribution in [0.25, 0.3) is 23.4 Å². The molecule has 33 heavy (non-hydrogen) atoms. The number of benzene rings is 3. The van der Waals surface area contributed by atoms with Gasteiger partial charge in [0.25, 0.3) is 0 Å². The molecule has 1 heterocycles. The Morgan fingerprint density at radius 1 is 0.909 bits per heavy atom.